The molecule has 0 bridgehead atoms. The Morgan fingerprint density at radius 2 is 2.00 bits per heavy atom. The summed E-state index contributed by atoms with van der Waals surface area (Å²) in [5.41, 5.74) is 3.86. The van der Waals surface area contributed by atoms with Gasteiger partial charge in [-0.3, -0.25) is 4.68 Å². The maximum atomic E-state index is 4.64. The van der Waals surface area contributed by atoms with E-state index >= 15 is 0 Å². The Morgan fingerprint density at radius 1 is 1.28 bits per heavy atom. The third-order valence-electron chi connectivity index (χ3n) is 3.26. The lowest BCUT2D eigenvalue weighted by Gasteiger charge is -2.03. The van der Waals surface area contributed by atoms with Crippen LogP contribution >= 0.6 is 11.3 Å². The van der Waals surface area contributed by atoms with E-state index in [0.717, 1.165) is 19.5 Å². The maximum absolute atomic E-state index is 4.64. The molecule has 0 radical (unpaired) electrons. The van der Waals surface area contributed by atoms with Crippen LogP contribution in [0.5, 0.6) is 0 Å². The van der Waals surface area contributed by atoms with Crippen molar-refractivity contribution in [3.63, 3.8) is 0 Å². The van der Waals surface area contributed by atoms with Crippen molar-refractivity contribution in [2.75, 3.05) is 7.05 Å². The Bertz CT molecular complexity index is 525. The highest BCUT2D eigenvalue weighted by atomic mass is 32.1. The predicted molar refractivity (Wildman–Crippen MR) is 77.3 cm³/mol. The van der Waals surface area contributed by atoms with E-state index in [-0.39, 0.29) is 0 Å². The predicted octanol–water partition coefficient (Wildman–Crippen LogP) is 2.89. The molecule has 1 N–H and O–H groups in total. The molecule has 0 aliphatic heterocycles. The molecule has 2 aromatic rings. The molecular weight excluding hydrogens is 242 g/mol. The van der Waals surface area contributed by atoms with Gasteiger partial charge in [0.1, 0.15) is 0 Å². The third-order valence-corrected chi connectivity index (χ3v) is 4.33. The molecule has 3 nitrogen and oxygen atoms in total. The highest BCUT2D eigenvalue weighted by Gasteiger charge is 2.10. The van der Waals surface area contributed by atoms with Gasteiger partial charge in [0, 0.05) is 22.0 Å². The normalized spacial score (nSPS) is 11.1. The number of hydrogen-bond acceptors (Lipinski definition) is 3. The number of rotatable bonds is 5. The van der Waals surface area contributed by atoms with Gasteiger partial charge in [-0.1, -0.05) is 6.92 Å². The Labute approximate surface area is 113 Å². The van der Waals surface area contributed by atoms with Crippen LogP contribution in [0.25, 0.3) is 0 Å². The van der Waals surface area contributed by atoms with Crippen LogP contribution in [0.3, 0.4) is 0 Å². The molecule has 2 rings (SSSR count). The van der Waals surface area contributed by atoms with Crippen molar-refractivity contribution in [3.05, 3.63) is 38.8 Å². The summed E-state index contributed by atoms with van der Waals surface area (Å²) in [6.45, 7) is 8.30. The van der Waals surface area contributed by atoms with Crippen LogP contribution in [0.15, 0.2) is 12.1 Å². The van der Waals surface area contributed by atoms with Gasteiger partial charge in [-0.2, -0.15) is 5.10 Å². The lowest BCUT2D eigenvalue weighted by Crippen LogP contribution is -2.03. The summed E-state index contributed by atoms with van der Waals surface area (Å²) in [5, 5.41) is 7.82. The van der Waals surface area contributed by atoms with Gasteiger partial charge < -0.3 is 5.32 Å². The fourth-order valence-corrected chi connectivity index (χ4v) is 3.34. The Hall–Kier alpha value is -1.13. The van der Waals surface area contributed by atoms with E-state index in [1.807, 2.05) is 18.4 Å². The summed E-state index contributed by atoms with van der Waals surface area (Å²) < 4.78 is 2.13. The molecule has 0 saturated heterocycles. The molecule has 98 valence electrons. The van der Waals surface area contributed by atoms with E-state index in [1.54, 1.807) is 0 Å². The smallest absolute Gasteiger partial charge is 0.0755 e. The number of thiophene rings is 1. The quantitative estimate of drug-likeness (QED) is 0.899. The average Bonchev–Trinajstić information content (AvgIpc) is 2.87. The monoisotopic (exact) mass is 263 g/mol. The molecule has 0 fully saturated rings. The minimum atomic E-state index is 0.890. The zero-order valence-corrected chi connectivity index (χ0v) is 12.4. The number of nitrogens with one attached hydrogen (secondary N) is 1. The molecule has 0 aromatic carbocycles. The lowest BCUT2D eigenvalue weighted by atomic mass is 10.1. The molecule has 18 heavy (non-hydrogen) atoms. The molecular formula is C14H21N3S. The summed E-state index contributed by atoms with van der Waals surface area (Å²) in [6.07, 6.45) is 1.06. The Kier molecular flexibility index (Phi) is 4.19. The van der Waals surface area contributed by atoms with Crippen molar-refractivity contribution in [1.82, 2.24) is 15.1 Å². The molecule has 2 heterocycles. The van der Waals surface area contributed by atoms with Gasteiger partial charge in [0.2, 0.25) is 0 Å². The van der Waals surface area contributed by atoms with Crippen molar-refractivity contribution in [3.8, 4) is 0 Å². The van der Waals surface area contributed by atoms with Crippen LogP contribution in [0.2, 0.25) is 0 Å². The first-order valence-corrected chi connectivity index (χ1v) is 7.22. The van der Waals surface area contributed by atoms with Crippen LogP contribution in [-0.2, 0) is 19.5 Å². The number of hydrogen-bond donors (Lipinski definition) is 1. The minimum absolute atomic E-state index is 0.890. The van der Waals surface area contributed by atoms with E-state index in [4.69, 9.17) is 0 Å². The van der Waals surface area contributed by atoms with E-state index in [0.29, 0.717) is 0 Å². The second-order valence-electron chi connectivity index (χ2n) is 4.56. The molecule has 0 amide bonds. The van der Waals surface area contributed by atoms with Gasteiger partial charge in [-0.25, -0.2) is 0 Å². The first kappa shape index (κ1) is 13.3. The molecule has 2 aromatic heterocycles. The molecule has 0 aliphatic rings. The number of aryl methyl sites for hydroxylation is 1. The number of aromatic nitrogens is 2. The van der Waals surface area contributed by atoms with Crippen LogP contribution in [-0.4, -0.2) is 16.8 Å². The highest BCUT2D eigenvalue weighted by molar-refractivity contribution is 7.11. The van der Waals surface area contributed by atoms with Gasteiger partial charge >= 0.3 is 0 Å². The molecule has 0 spiro atoms. The van der Waals surface area contributed by atoms with Crippen LogP contribution < -0.4 is 5.32 Å². The van der Waals surface area contributed by atoms with Crippen LogP contribution in [0.4, 0.5) is 0 Å². The Morgan fingerprint density at radius 3 is 2.61 bits per heavy atom. The summed E-state index contributed by atoms with van der Waals surface area (Å²) in [5.74, 6) is 0. The number of nitrogens with zero attached hydrogens (tertiary/aromatic N) is 2. The van der Waals surface area contributed by atoms with E-state index < -0.39 is 0 Å². The fraction of sp³-hybridized carbons (Fsp3) is 0.500. The largest absolute Gasteiger partial charge is 0.315 e. The zero-order valence-electron chi connectivity index (χ0n) is 11.6. The van der Waals surface area contributed by atoms with Crippen LogP contribution in [0, 0.1) is 13.8 Å². The summed E-state index contributed by atoms with van der Waals surface area (Å²) in [4.78, 5) is 2.75. The first-order chi connectivity index (χ1) is 8.65. The van der Waals surface area contributed by atoms with Crippen molar-refractivity contribution in [2.24, 2.45) is 0 Å². The molecule has 0 aliphatic carbocycles. The minimum Gasteiger partial charge on any atom is -0.315 e. The van der Waals surface area contributed by atoms with E-state index in [2.05, 4.69) is 48.0 Å². The van der Waals surface area contributed by atoms with Gasteiger partial charge in [0.15, 0.2) is 0 Å². The second-order valence-corrected chi connectivity index (χ2v) is 5.81. The summed E-state index contributed by atoms with van der Waals surface area (Å²) >= 11 is 1.86. The topological polar surface area (TPSA) is 29.9 Å². The zero-order chi connectivity index (χ0) is 13.1. The molecule has 0 saturated carbocycles. The van der Waals surface area contributed by atoms with Gasteiger partial charge in [-0.05, 0) is 45.0 Å². The second kappa shape index (κ2) is 5.67. The van der Waals surface area contributed by atoms with Gasteiger partial charge in [0.05, 0.1) is 12.2 Å². The summed E-state index contributed by atoms with van der Waals surface area (Å²) in [6, 6.07) is 4.41. The van der Waals surface area contributed by atoms with Crippen LogP contribution in [0.1, 0.15) is 33.6 Å². The van der Waals surface area contributed by atoms with Gasteiger partial charge in [0.25, 0.3) is 0 Å². The standard InChI is InChI=1S/C14H21N3S/c1-5-14-10(2)16-17(11(14)3)9-13-7-6-12(18-13)8-15-4/h6-7,15H,5,8-9H2,1-4H3. The van der Waals surface area contributed by atoms with Crippen molar-refractivity contribution >= 4 is 11.3 Å². The molecule has 0 unspecified atom stereocenters. The SMILES string of the molecule is CCc1c(C)nn(Cc2ccc(CNC)s2)c1C. The fourth-order valence-electron chi connectivity index (χ4n) is 2.32. The third kappa shape index (κ3) is 2.65. The lowest BCUT2D eigenvalue weighted by molar-refractivity contribution is 0.665. The van der Waals surface area contributed by atoms with Crippen molar-refractivity contribution in [2.45, 2.75) is 40.3 Å². The van der Waals surface area contributed by atoms with E-state index in [9.17, 15) is 0 Å². The highest BCUT2D eigenvalue weighted by Crippen LogP contribution is 2.20. The van der Waals surface area contributed by atoms with Crippen molar-refractivity contribution < 1.29 is 0 Å². The Balaban J connectivity index is 2.17. The first-order valence-electron chi connectivity index (χ1n) is 6.40. The average molecular weight is 263 g/mol. The van der Waals surface area contributed by atoms with E-state index in [1.165, 1.54) is 26.7 Å². The molecule has 4 heteroatoms. The maximum Gasteiger partial charge on any atom is 0.0755 e. The summed E-state index contributed by atoms with van der Waals surface area (Å²) in [7, 11) is 1.98. The van der Waals surface area contributed by atoms with Crippen molar-refractivity contribution in [1.29, 1.82) is 0 Å². The van der Waals surface area contributed by atoms with Gasteiger partial charge in [-0.15, -0.1) is 11.3 Å². The molecule has 0 atom stereocenters.